The molecule has 14 heteroatoms. The van der Waals surface area contributed by atoms with Crippen molar-refractivity contribution in [3.05, 3.63) is 83.5 Å². The number of nitrogens with two attached hydrogens (primary N) is 1. The van der Waals surface area contributed by atoms with Gasteiger partial charge in [-0.15, -0.1) is 0 Å². The Balaban J connectivity index is 1.38. The molecular weight excluding hydrogens is 659 g/mol. The van der Waals surface area contributed by atoms with E-state index in [2.05, 4.69) is 25.1 Å². The van der Waals surface area contributed by atoms with Gasteiger partial charge in [0.2, 0.25) is 0 Å². The van der Waals surface area contributed by atoms with Crippen LogP contribution in [0.5, 0.6) is 0 Å². The maximum absolute atomic E-state index is 14.9. The topological polar surface area (TPSA) is 149 Å². The summed E-state index contributed by atoms with van der Waals surface area (Å²) in [5.41, 5.74) is 5.82. The minimum Gasteiger partial charge on any atom is -0.465 e. The molecule has 0 spiro atoms. The number of nitrogens with zero attached hydrogens (tertiary/aromatic N) is 5. The Kier molecular flexibility index (Phi) is 8.85. The van der Waals surface area contributed by atoms with E-state index in [1.54, 1.807) is 36.8 Å². The smallest absolute Gasteiger partial charge is 0.395 e. The molecule has 3 atom stereocenters. The van der Waals surface area contributed by atoms with E-state index in [1.807, 2.05) is 45.0 Å². The van der Waals surface area contributed by atoms with Crippen LogP contribution in [-0.2, 0) is 19.9 Å². The molecule has 0 amide bonds. The highest BCUT2D eigenvalue weighted by molar-refractivity contribution is 6.33. The number of carbonyl (C=O) groups excluding carboxylic acids is 2. The summed E-state index contributed by atoms with van der Waals surface area (Å²) in [6.45, 7) is 5.55. The number of halogens is 4. The number of carbonyl (C=O) groups is 2. The molecule has 1 aliphatic carbocycles. The number of ether oxygens (including phenoxy) is 1. The SMILES string of the molecule is CC(C)(C)C[C@]1(c2ccc(-c3cnccn3)cc2)N=C(N)C([C@H](COC(=O)CC2(C(F)(F)F)CC2)c2ccc(Cl)c(-c3ncn[nH]3)c2)C1=O. The van der Waals surface area contributed by atoms with Crippen molar-refractivity contribution in [2.45, 2.75) is 64.1 Å². The zero-order valence-corrected chi connectivity index (χ0v) is 27.8. The number of amidine groups is 1. The predicted molar refractivity (Wildman–Crippen MR) is 176 cm³/mol. The van der Waals surface area contributed by atoms with Crippen LogP contribution >= 0.6 is 11.6 Å². The summed E-state index contributed by atoms with van der Waals surface area (Å²) >= 11 is 6.51. The van der Waals surface area contributed by atoms with E-state index >= 15 is 0 Å². The summed E-state index contributed by atoms with van der Waals surface area (Å²) in [6.07, 6.45) is 0.801. The lowest BCUT2D eigenvalue weighted by molar-refractivity contribution is -0.195. The number of benzene rings is 2. The van der Waals surface area contributed by atoms with Gasteiger partial charge in [0.25, 0.3) is 0 Å². The molecule has 2 aromatic heterocycles. The molecular formula is C35H35ClF3N7O3. The third-order valence-corrected chi connectivity index (χ3v) is 9.52. The number of aromatic nitrogens is 5. The Labute approximate surface area is 285 Å². The number of H-pyrrole nitrogens is 1. The molecule has 49 heavy (non-hydrogen) atoms. The Hall–Kier alpha value is -4.65. The number of Topliss-reactive ketones (excluding diaryl/α,β-unsaturated/α-hetero) is 1. The molecule has 3 heterocycles. The van der Waals surface area contributed by atoms with Crippen LogP contribution in [0.4, 0.5) is 13.2 Å². The van der Waals surface area contributed by atoms with Crippen LogP contribution in [0.2, 0.25) is 5.02 Å². The van der Waals surface area contributed by atoms with Gasteiger partial charge in [0.05, 0.1) is 41.3 Å². The molecule has 256 valence electrons. The van der Waals surface area contributed by atoms with Gasteiger partial charge in [0.15, 0.2) is 11.6 Å². The number of rotatable bonds is 10. The first-order valence-electron chi connectivity index (χ1n) is 15.8. The van der Waals surface area contributed by atoms with Crippen molar-refractivity contribution in [1.29, 1.82) is 0 Å². The third kappa shape index (κ3) is 6.81. The lowest BCUT2D eigenvalue weighted by atomic mass is 9.70. The molecule has 4 aromatic rings. The lowest BCUT2D eigenvalue weighted by Crippen LogP contribution is -2.41. The Morgan fingerprint density at radius 2 is 1.84 bits per heavy atom. The quantitative estimate of drug-likeness (QED) is 0.172. The maximum Gasteiger partial charge on any atom is 0.395 e. The van der Waals surface area contributed by atoms with Gasteiger partial charge in [-0.3, -0.25) is 29.6 Å². The predicted octanol–water partition coefficient (Wildman–Crippen LogP) is 6.83. The summed E-state index contributed by atoms with van der Waals surface area (Å²) in [5, 5.41) is 6.99. The van der Waals surface area contributed by atoms with Crippen molar-refractivity contribution in [2.24, 2.45) is 27.5 Å². The first-order valence-corrected chi connectivity index (χ1v) is 16.1. The fourth-order valence-electron chi connectivity index (χ4n) is 6.59. The molecule has 0 saturated heterocycles. The first kappa shape index (κ1) is 34.2. The largest absolute Gasteiger partial charge is 0.465 e. The van der Waals surface area contributed by atoms with Crippen LogP contribution in [0.3, 0.4) is 0 Å². The van der Waals surface area contributed by atoms with Gasteiger partial charge in [-0.1, -0.05) is 62.7 Å². The van der Waals surface area contributed by atoms with Gasteiger partial charge in [-0.25, -0.2) is 4.98 Å². The number of ketones is 1. The average molecular weight is 694 g/mol. The van der Waals surface area contributed by atoms with Crippen LogP contribution in [0, 0.1) is 16.7 Å². The van der Waals surface area contributed by atoms with Crippen LogP contribution in [0.15, 0.2) is 72.4 Å². The monoisotopic (exact) mass is 693 g/mol. The average Bonchev–Trinajstić information content (AvgIpc) is 3.55. The van der Waals surface area contributed by atoms with E-state index in [1.165, 1.54) is 6.33 Å². The number of alkyl halides is 3. The van der Waals surface area contributed by atoms with Crippen molar-refractivity contribution >= 4 is 29.2 Å². The molecule has 1 saturated carbocycles. The Bertz CT molecular complexity index is 1870. The molecule has 3 N–H and O–H groups in total. The summed E-state index contributed by atoms with van der Waals surface area (Å²) < 4.78 is 46.6. The highest BCUT2D eigenvalue weighted by atomic mass is 35.5. The molecule has 2 aliphatic rings. The summed E-state index contributed by atoms with van der Waals surface area (Å²) in [7, 11) is 0. The van der Waals surface area contributed by atoms with Gasteiger partial charge < -0.3 is 10.5 Å². The number of aliphatic imine (C=N–C) groups is 1. The van der Waals surface area contributed by atoms with E-state index in [-0.39, 0.29) is 24.5 Å². The van der Waals surface area contributed by atoms with Crippen LogP contribution in [-0.4, -0.2) is 55.5 Å². The van der Waals surface area contributed by atoms with E-state index < -0.39 is 53.4 Å². The standard InChI is InChI=1S/C35H35ClF3N7O3/c1-32(2,3)18-34(22-7-4-20(5-8-22)26-16-41-12-13-42-26)29(48)28(30(40)45-34)24(17-49-27(47)15-33(10-11-33)35(37,38)39)21-6-9-25(36)23(14-21)31-43-19-44-46-31/h4-9,12-14,16,19,24,28H,10-11,15,17-18H2,1-3H3,(H2,40,45)(H,43,44,46)/t24-,28?,34-/m1/s1. The van der Waals surface area contributed by atoms with Crippen LogP contribution in [0.1, 0.15) is 63.5 Å². The minimum atomic E-state index is -4.53. The molecule has 1 aliphatic heterocycles. The fourth-order valence-corrected chi connectivity index (χ4v) is 6.80. The van der Waals surface area contributed by atoms with E-state index in [4.69, 9.17) is 27.1 Å². The first-order chi connectivity index (χ1) is 23.1. The number of hydrogen-bond donors (Lipinski definition) is 2. The second-order valence-electron chi connectivity index (χ2n) is 14.0. The zero-order chi connectivity index (χ0) is 35.2. The number of aromatic amines is 1. The van der Waals surface area contributed by atoms with Crippen LogP contribution in [0.25, 0.3) is 22.6 Å². The van der Waals surface area contributed by atoms with Gasteiger partial charge in [0.1, 0.15) is 17.7 Å². The molecule has 6 rings (SSSR count). The fraction of sp³-hybridized carbons (Fsp3) is 0.400. The summed E-state index contributed by atoms with van der Waals surface area (Å²) in [5.74, 6) is -2.95. The second kappa shape index (κ2) is 12.7. The van der Waals surface area contributed by atoms with Gasteiger partial charge >= 0.3 is 12.1 Å². The van der Waals surface area contributed by atoms with Crippen molar-refractivity contribution in [2.75, 3.05) is 6.61 Å². The van der Waals surface area contributed by atoms with Crippen molar-refractivity contribution in [1.82, 2.24) is 25.1 Å². The summed E-state index contributed by atoms with van der Waals surface area (Å²) in [6, 6.07) is 12.3. The second-order valence-corrected chi connectivity index (χ2v) is 14.4. The highest BCUT2D eigenvalue weighted by Gasteiger charge is 2.64. The number of nitrogens with one attached hydrogen (secondary N) is 1. The third-order valence-electron chi connectivity index (χ3n) is 9.19. The number of hydrogen-bond acceptors (Lipinski definition) is 9. The van der Waals surface area contributed by atoms with Crippen molar-refractivity contribution in [3.8, 4) is 22.6 Å². The van der Waals surface area contributed by atoms with Crippen molar-refractivity contribution < 1.29 is 27.5 Å². The summed E-state index contributed by atoms with van der Waals surface area (Å²) in [4.78, 5) is 45.4. The van der Waals surface area contributed by atoms with Gasteiger partial charge in [-0.05, 0) is 47.9 Å². The molecule has 10 nitrogen and oxygen atoms in total. The van der Waals surface area contributed by atoms with Crippen molar-refractivity contribution in [3.63, 3.8) is 0 Å². The van der Waals surface area contributed by atoms with Crippen LogP contribution < -0.4 is 5.73 Å². The van der Waals surface area contributed by atoms with Gasteiger partial charge in [-0.2, -0.15) is 18.3 Å². The maximum atomic E-state index is 14.9. The normalized spacial score (nSPS) is 20.9. The molecule has 1 unspecified atom stereocenters. The minimum absolute atomic E-state index is 0.0263. The molecule has 0 bridgehead atoms. The Morgan fingerprint density at radius 1 is 1.10 bits per heavy atom. The highest BCUT2D eigenvalue weighted by Crippen LogP contribution is 2.60. The molecule has 1 fully saturated rings. The van der Waals surface area contributed by atoms with E-state index in [9.17, 15) is 22.8 Å². The molecule has 0 radical (unpaired) electrons. The zero-order valence-electron chi connectivity index (χ0n) is 27.1. The molecule has 2 aromatic carbocycles. The lowest BCUT2D eigenvalue weighted by Gasteiger charge is -2.34. The van der Waals surface area contributed by atoms with Gasteiger partial charge in [0, 0.05) is 29.4 Å². The van der Waals surface area contributed by atoms with E-state index in [0.29, 0.717) is 39.7 Å². The van der Waals surface area contributed by atoms with E-state index in [0.717, 1.165) is 5.56 Å². The Morgan fingerprint density at radius 3 is 2.43 bits per heavy atom. The number of esters is 1.